The minimum atomic E-state index is -0.730. The van der Waals surface area contributed by atoms with Crippen molar-refractivity contribution in [2.45, 2.75) is 18.3 Å². The number of esters is 1. The van der Waals surface area contributed by atoms with Gasteiger partial charge in [-0.15, -0.1) is 0 Å². The fourth-order valence-corrected chi connectivity index (χ4v) is 7.99. The summed E-state index contributed by atoms with van der Waals surface area (Å²) in [6.07, 6.45) is -0.0439. The third-order valence-corrected chi connectivity index (χ3v) is 9.95. The maximum Gasteiger partial charge on any atom is 0.316 e. The summed E-state index contributed by atoms with van der Waals surface area (Å²) < 4.78 is 5.70. The molecule has 44 heavy (non-hydrogen) atoms. The fourth-order valence-electron chi connectivity index (χ4n) is 7.61. The second kappa shape index (κ2) is 10.0. The number of imide groups is 1. The van der Waals surface area contributed by atoms with Crippen LogP contribution in [0.2, 0.25) is 10.0 Å². The highest BCUT2D eigenvalue weighted by molar-refractivity contribution is 6.36. The predicted octanol–water partition coefficient (Wildman–Crippen LogP) is 6.35. The Hall–Kier alpha value is -4.46. The van der Waals surface area contributed by atoms with Crippen molar-refractivity contribution in [1.82, 2.24) is 0 Å². The van der Waals surface area contributed by atoms with Gasteiger partial charge in [0.05, 0.1) is 34.2 Å². The number of anilines is 2. The summed E-state index contributed by atoms with van der Waals surface area (Å²) in [6, 6.07) is 27.5. The molecule has 9 rings (SSSR count). The van der Waals surface area contributed by atoms with Crippen molar-refractivity contribution in [2.24, 2.45) is 17.8 Å². The first-order chi connectivity index (χ1) is 21.3. The Morgan fingerprint density at radius 2 is 1.32 bits per heavy atom. The first-order valence-corrected chi connectivity index (χ1v) is 15.2. The molecule has 2 fully saturated rings. The van der Waals surface area contributed by atoms with Gasteiger partial charge in [-0.2, -0.15) is 0 Å². The Balaban J connectivity index is 1.06. The van der Waals surface area contributed by atoms with Gasteiger partial charge in [-0.25, -0.2) is 4.90 Å². The van der Waals surface area contributed by atoms with E-state index in [1.54, 1.807) is 36.4 Å². The average Bonchev–Trinajstić information content (AvgIpc) is 3.55. The summed E-state index contributed by atoms with van der Waals surface area (Å²) in [6.45, 7) is 0.0910. The topological polar surface area (TPSA) is 84.0 Å². The molecule has 7 nitrogen and oxygen atoms in total. The minimum Gasteiger partial charge on any atom is -0.426 e. The minimum absolute atomic E-state index is 0.0439. The fraction of sp³-hybridized carbons (Fsp3) is 0.200. The van der Waals surface area contributed by atoms with E-state index in [-0.39, 0.29) is 48.3 Å². The first kappa shape index (κ1) is 27.1. The van der Waals surface area contributed by atoms with Crippen LogP contribution in [0, 0.1) is 17.8 Å². The van der Waals surface area contributed by atoms with Gasteiger partial charge < -0.3 is 9.64 Å². The molecule has 218 valence electrons. The molecule has 4 aromatic rings. The lowest BCUT2D eigenvalue weighted by Crippen LogP contribution is -2.41. The lowest BCUT2D eigenvalue weighted by Gasteiger charge is -2.45. The summed E-state index contributed by atoms with van der Waals surface area (Å²) in [7, 11) is 0. The summed E-state index contributed by atoms with van der Waals surface area (Å²) >= 11 is 12.4. The number of amides is 3. The predicted molar refractivity (Wildman–Crippen MR) is 165 cm³/mol. The molecule has 0 spiro atoms. The van der Waals surface area contributed by atoms with E-state index in [0.717, 1.165) is 22.3 Å². The van der Waals surface area contributed by atoms with E-state index in [9.17, 15) is 19.2 Å². The molecular formula is C35H24Cl2N2O5. The Kier molecular flexibility index (Phi) is 6.19. The molecule has 0 aromatic heterocycles. The van der Waals surface area contributed by atoms with Crippen LogP contribution in [0.15, 0.2) is 91.0 Å². The van der Waals surface area contributed by atoms with Gasteiger partial charge in [0.1, 0.15) is 5.75 Å². The van der Waals surface area contributed by atoms with Gasteiger partial charge >= 0.3 is 5.97 Å². The van der Waals surface area contributed by atoms with Gasteiger partial charge in [-0.1, -0.05) is 77.8 Å². The van der Waals surface area contributed by atoms with Gasteiger partial charge in [-0.3, -0.25) is 19.2 Å². The van der Waals surface area contributed by atoms with Gasteiger partial charge in [0, 0.05) is 35.9 Å². The molecular weight excluding hydrogens is 599 g/mol. The number of hydrogen-bond acceptors (Lipinski definition) is 5. The summed E-state index contributed by atoms with van der Waals surface area (Å²) in [5.41, 5.74) is 5.18. The molecule has 5 aliphatic rings. The molecule has 4 aromatic carbocycles. The van der Waals surface area contributed by atoms with Crippen LogP contribution in [0.1, 0.15) is 40.5 Å². The standard InChI is InChI=1S/C35H24Cl2N2O5/c36-19-12-13-26(37)27(15-19)38-17-18(14-28(38)40)35(43)44-21-7-5-6-20(16-21)39-33(41)31-29-22-8-1-2-9-23(22)30(32(31)34(39)42)25-11-4-3-10-24(25)29/h1-13,15-16,18,29-32H,14,17H2/t18-,29?,30?,31-,32+/m0/s1. The SMILES string of the molecule is O=C(Oc1cccc(N2C(=O)[C@@H]3C4c5ccccc5C(c5ccccc54)[C@@H]3C2=O)c1)[C@H]1CC(=O)N(c2cc(Cl)ccc2Cl)C1. The second-order valence-electron chi connectivity index (χ2n) is 11.7. The van der Waals surface area contributed by atoms with E-state index in [1.165, 1.54) is 15.9 Å². The number of carbonyl (C=O) groups excluding carboxylic acids is 4. The Morgan fingerprint density at radius 3 is 1.91 bits per heavy atom. The van der Waals surface area contributed by atoms with Crippen molar-refractivity contribution in [3.63, 3.8) is 0 Å². The molecule has 9 heteroatoms. The van der Waals surface area contributed by atoms with Crippen LogP contribution in [0.3, 0.4) is 0 Å². The lowest BCUT2D eigenvalue weighted by atomic mass is 9.55. The van der Waals surface area contributed by atoms with Crippen LogP contribution in [-0.2, 0) is 19.2 Å². The first-order valence-electron chi connectivity index (χ1n) is 14.4. The van der Waals surface area contributed by atoms with Crippen LogP contribution < -0.4 is 14.5 Å². The third-order valence-electron chi connectivity index (χ3n) is 9.40. The zero-order valence-corrected chi connectivity index (χ0v) is 24.7. The molecule has 2 aliphatic heterocycles. The van der Waals surface area contributed by atoms with E-state index in [1.807, 2.05) is 24.3 Å². The summed E-state index contributed by atoms with van der Waals surface area (Å²) in [5, 5.41) is 0.774. The molecule has 2 heterocycles. The monoisotopic (exact) mass is 622 g/mol. The number of halogens is 2. The Labute approximate surface area is 262 Å². The lowest BCUT2D eigenvalue weighted by molar-refractivity contribution is -0.139. The van der Waals surface area contributed by atoms with Crippen molar-refractivity contribution in [3.8, 4) is 5.75 Å². The number of carbonyl (C=O) groups is 4. The molecule has 0 saturated carbocycles. The average molecular weight is 623 g/mol. The van der Waals surface area contributed by atoms with Crippen molar-refractivity contribution in [3.05, 3.63) is 123 Å². The van der Waals surface area contributed by atoms with Crippen molar-refractivity contribution < 1.29 is 23.9 Å². The highest BCUT2D eigenvalue weighted by atomic mass is 35.5. The highest BCUT2D eigenvalue weighted by Crippen LogP contribution is 2.61. The number of nitrogens with zero attached hydrogens (tertiary/aromatic N) is 2. The van der Waals surface area contributed by atoms with Crippen molar-refractivity contribution >= 4 is 58.3 Å². The third kappa shape index (κ3) is 3.96. The van der Waals surface area contributed by atoms with Gasteiger partial charge in [-0.05, 0) is 52.6 Å². The van der Waals surface area contributed by atoms with Crippen LogP contribution in [-0.4, -0.2) is 30.2 Å². The van der Waals surface area contributed by atoms with E-state index >= 15 is 0 Å². The normalized spacial score (nSPS) is 24.8. The van der Waals surface area contributed by atoms with Gasteiger partial charge in [0.25, 0.3) is 0 Å². The maximum atomic E-state index is 14.1. The van der Waals surface area contributed by atoms with Crippen LogP contribution in [0.4, 0.5) is 11.4 Å². The second-order valence-corrected chi connectivity index (χ2v) is 12.5. The molecule has 3 amide bonds. The van der Waals surface area contributed by atoms with Crippen molar-refractivity contribution in [2.75, 3.05) is 16.3 Å². The quantitative estimate of drug-likeness (QED) is 0.150. The van der Waals surface area contributed by atoms with Crippen LogP contribution in [0.25, 0.3) is 0 Å². The van der Waals surface area contributed by atoms with E-state index in [4.69, 9.17) is 27.9 Å². The molecule has 3 atom stereocenters. The van der Waals surface area contributed by atoms with Gasteiger partial charge in [0.2, 0.25) is 17.7 Å². The smallest absolute Gasteiger partial charge is 0.316 e. The summed E-state index contributed by atoms with van der Waals surface area (Å²) in [4.78, 5) is 56.9. The van der Waals surface area contributed by atoms with Crippen LogP contribution in [0.5, 0.6) is 5.75 Å². The zero-order chi connectivity index (χ0) is 30.3. The Bertz CT molecular complexity index is 1810. The van der Waals surface area contributed by atoms with Gasteiger partial charge in [0.15, 0.2) is 0 Å². The zero-order valence-electron chi connectivity index (χ0n) is 23.2. The molecule has 2 bridgehead atoms. The molecule has 3 aliphatic carbocycles. The number of rotatable bonds is 4. The summed E-state index contributed by atoms with van der Waals surface area (Å²) in [5.74, 6) is -3.36. The molecule has 0 N–H and O–H groups in total. The maximum absolute atomic E-state index is 14.1. The number of hydrogen-bond donors (Lipinski definition) is 0. The number of ether oxygens (including phenoxy) is 1. The van der Waals surface area contributed by atoms with E-state index in [2.05, 4.69) is 24.3 Å². The molecule has 2 saturated heterocycles. The number of benzene rings is 4. The molecule has 0 radical (unpaired) electrons. The van der Waals surface area contributed by atoms with E-state index < -0.39 is 23.7 Å². The Morgan fingerprint density at radius 1 is 0.727 bits per heavy atom. The van der Waals surface area contributed by atoms with Crippen molar-refractivity contribution in [1.29, 1.82) is 0 Å². The molecule has 0 unspecified atom stereocenters. The largest absolute Gasteiger partial charge is 0.426 e. The van der Waals surface area contributed by atoms with E-state index in [0.29, 0.717) is 21.4 Å². The highest BCUT2D eigenvalue weighted by Gasteiger charge is 2.61. The van der Waals surface area contributed by atoms with Crippen LogP contribution >= 0.6 is 23.2 Å².